The number of nitrogens with zero attached hydrogens (tertiary/aromatic N) is 5. The van der Waals surface area contributed by atoms with Crippen molar-refractivity contribution < 1.29 is 0 Å². The van der Waals surface area contributed by atoms with E-state index in [0.29, 0.717) is 5.02 Å². The van der Waals surface area contributed by atoms with E-state index in [9.17, 15) is 0 Å². The van der Waals surface area contributed by atoms with Crippen LogP contribution >= 0.6 is 11.6 Å². The highest BCUT2D eigenvalue weighted by Crippen LogP contribution is 2.36. The summed E-state index contributed by atoms with van der Waals surface area (Å²) in [6.45, 7) is 0.791. The summed E-state index contributed by atoms with van der Waals surface area (Å²) in [7, 11) is 2.07. The van der Waals surface area contributed by atoms with Crippen molar-refractivity contribution in [2.24, 2.45) is 0 Å². The van der Waals surface area contributed by atoms with Gasteiger partial charge in [0.25, 0.3) is 0 Å². The average molecular weight is 440 g/mol. The molecule has 0 bridgehead atoms. The maximum absolute atomic E-state index is 6.29. The first-order valence-corrected chi connectivity index (χ1v) is 10.9. The van der Waals surface area contributed by atoms with Crippen LogP contribution in [0.3, 0.4) is 0 Å². The molecule has 0 N–H and O–H groups in total. The van der Waals surface area contributed by atoms with E-state index in [1.165, 1.54) is 0 Å². The first-order chi connectivity index (χ1) is 15.7. The fourth-order valence-corrected chi connectivity index (χ4v) is 4.11. The molecule has 0 fully saturated rings. The Morgan fingerprint density at radius 1 is 0.906 bits per heavy atom. The highest BCUT2D eigenvalue weighted by molar-refractivity contribution is 6.30. The van der Waals surface area contributed by atoms with Crippen LogP contribution in [0.4, 0.5) is 5.82 Å². The van der Waals surface area contributed by atoms with Crippen molar-refractivity contribution in [2.45, 2.75) is 6.42 Å². The van der Waals surface area contributed by atoms with E-state index < -0.39 is 0 Å². The minimum Gasteiger partial charge on any atom is -0.359 e. The topological polar surface area (TPSA) is 46.8 Å². The number of pyridine rings is 1. The molecule has 0 aliphatic carbocycles. The van der Waals surface area contributed by atoms with E-state index >= 15 is 0 Å². The van der Waals surface area contributed by atoms with Gasteiger partial charge in [-0.3, -0.25) is 4.98 Å². The predicted molar refractivity (Wildman–Crippen MR) is 131 cm³/mol. The lowest BCUT2D eigenvalue weighted by atomic mass is 10.1. The normalized spacial score (nSPS) is 11.1. The lowest BCUT2D eigenvalue weighted by Crippen LogP contribution is -2.22. The molecule has 6 heteroatoms. The molecule has 0 radical (unpaired) electrons. The van der Waals surface area contributed by atoms with Gasteiger partial charge in [-0.15, -0.1) is 0 Å². The Morgan fingerprint density at radius 3 is 2.53 bits per heavy atom. The van der Waals surface area contributed by atoms with E-state index in [4.69, 9.17) is 11.6 Å². The molecule has 5 aromatic rings. The first kappa shape index (κ1) is 20.2. The maximum atomic E-state index is 6.29. The summed E-state index contributed by atoms with van der Waals surface area (Å²) >= 11 is 6.29. The van der Waals surface area contributed by atoms with Crippen LogP contribution in [0.5, 0.6) is 0 Å². The Bertz CT molecular complexity index is 1350. The lowest BCUT2D eigenvalue weighted by molar-refractivity contribution is 0.840. The Morgan fingerprint density at radius 2 is 1.75 bits per heavy atom. The summed E-state index contributed by atoms with van der Waals surface area (Å²) < 4.78 is 2.08. The lowest BCUT2D eigenvalue weighted by Gasteiger charge is -2.19. The zero-order chi connectivity index (χ0) is 21.9. The van der Waals surface area contributed by atoms with Gasteiger partial charge < -0.3 is 9.47 Å². The summed E-state index contributed by atoms with van der Waals surface area (Å²) in [6, 6.07) is 24.2. The summed E-state index contributed by atoms with van der Waals surface area (Å²) in [5.74, 6) is 0.894. The van der Waals surface area contributed by atoms with Crippen molar-refractivity contribution in [3.63, 3.8) is 0 Å². The van der Waals surface area contributed by atoms with Crippen LogP contribution in [-0.2, 0) is 6.42 Å². The van der Waals surface area contributed by atoms with Gasteiger partial charge in [0.1, 0.15) is 12.1 Å². The molecule has 0 saturated heterocycles. The van der Waals surface area contributed by atoms with Crippen molar-refractivity contribution in [3.8, 4) is 16.8 Å². The number of hydrogen-bond acceptors (Lipinski definition) is 4. The largest absolute Gasteiger partial charge is 0.359 e. The molecule has 158 valence electrons. The van der Waals surface area contributed by atoms with Crippen LogP contribution in [0.1, 0.15) is 5.69 Å². The van der Waals surface area contributed by atoms with Crippen LogP contribution in [0.15, 0.2) is 91.5 Å². The molecule has 0 atom stereocenters. The smallest absolute Gasteiger partial charge is 0.150 e. The Labute approximate surface area is 192 Å². The number of likely N-dealkylation sites (N-methyl/N-ethyl adjacent to an activating group) is 1. The quantitative estimate of drug-likeness (QED) is 0.334. The van der Waals surface area contributed by atoms with Crippen molar-refractivity contribution in [2.75, 3.05) is 18.5 Å². The molecular weight excluding hydrogens is 418 g/mol. The van der Waals surface area contributed by atoms with Gasteiger partial charge in [0.05, 0.1) is 5.39 Å². The van der Waals surface area contributed by atoms with E-state index in [1.54, 1.807) is 6.33 Å². The van der Waals surface area contributed by atoms with Gasteiger partial charge in [-0.1, -0.05) is 54.1 Å². The van der Waals surface area contributed by atoms with E-state index in [-0.39, 0.29) is 0 Å². The standard InChI is InChI=1S/C26H22ClN5/c1-31(15-13-21-11-5-6-14-28-21)25-24-23(19-8-3-2-4-9-19)17-32(26(24)30-18-29-25)22-12-7-10-20(27)16-22/h2-12,14,16-18H,13,15H2,1H3. The van der Waals surface area contributed by atoms with Gasteiger partial charge in [-0.05, 0) is 35.9 Å². The highest BCUT2D eigenvalue weighted by atomic mass is 35.5. The molecule has 0 saturated carbocycles. The van der Waals surface area contributed by atoms with Gasteiger partial charge in [0.2, 0.25) is 0 Å². The van der Waals surface area contributed by atoms with Crippen LogP contribution in [0, 0.1) is 0 Å². The van der Waals surface area contributed by atoms with Crippen molar-refractivity contribution in [1.82, 2.24) is 19.5 Å². The Balaban J connectivity index is 1.64. The fraction of sp³-hybridized carbons (Fsp3) is 0.115. The van der Waals surface area contributed by atoms with Crippen LogP contribution in [0.2, 0.25) is 5.02 Å². The van der Waals surface area contributed by atoms with E-state index in [0.717, 1.165) is 52.3 Å². The van der Waals surface area contributed by atoms with Gasteiger partial charge >= 0.3 is 0 Å². The zero-order valence-electron chi connectivity index (χ0n) is 17.7. The summed E-state index contributed by atoms with van der Waals surface area (Å²) in [4.78, 5) is 16.0. The van der Waals surface area contributed by atoms with Crippen molar-refractivity contribution in [1.29, 1.82) is 0 Å². The Hall–Kier alpha value is -3.70. The molecule has 0 spiro atoms. The molecule has 3 heterocycles. The van der Waals surface area contributed by atoms with Crippen LogP contribution in [0.25, 0.3) is 27.8 Å². The third-order valence-corrected chi connectivity index (χ3v) is 5.76. The number of halogens is 1. The summed E-state index contributed by atoms with van der Waals surface area (Å²) in [6.07, 6.45) is 6.41. The average Bonchev–Trinajstić information content (AvgIpc) is 3.24. The number of fused-ring (bicyclic) bond motifs is 1. The van der Waals surface area contributed by atoms with Gasteiger partial charge in [-0.25, -0.2) is 9.97 Å². The number of rotatable bonds is 6. The SMILES string of the molecule is CN(CCc1ccccn1)c1ncnc2c1c(-c1ccccc1)cn2-c1cccc(Cl)c1. The molecule has 0 amide bonds. The second kappa shape index (κ2) is 8.81. The maximum Gasteiger partial charge on any atom is 0.150 e. The third-order valence-electron chi connectivity index (χ3n) is 5.53. The van der Waals surface area contributed by atoms with Gasteiger partial charge in [-0.2, -0.15) is 0 Å². The Kier molecular flexibility index (Phi) is 5.57. The van der Waals surface area contributed by atoms with Crippen molar-refractivity contribution >= 4 is 28.5 Å². The molecule has 0 aliphatic heterocycles. The summed E-state index contributed by atoms with van der Waals surface area (Å²) in [5.41, 5.74) is 5.07. The highest BCUT2D eigenvalue weighted by Gasteiger charge is 2.19. The third kappa shape index (κ3) is 3.95. The number of benzene rings is 2. The number of aromatic nitrogens is 4. The second-order valence-electron chi connectivity index (χ2n) is 7.65. The van der Waals surface area contributed by atoms with E-state index in [1.807, 2.05) is 60.8 Å². The van der Waals surface area contributed by atoms with Gasteiger partial charge in [0, 0.05) is 54.4 Å². The van der Waals surface area contributed by atoms with Crippen LogP contribution in [-0.4, -0.2) is 33.1 Å². The molecule has 0 unspecified atom stereocenters. The number of hydrogen-bond donors (Lipinski definition) is 0. The minimum atomic E-state index is 0.687. The molecule has 32 heavy (non-hydrogen) atoms. The van der Waals surface area contributed by atoms with Gasteiger partial charge in [0.15, 0.2) is 5.65 Å². The molecular formula is C26H22ClN5. The summed E-state index contributed by atoms with van der Waals surface area (Å²) in [5, 5.41) is 1.70. The second-order valence-corrected chi connectivity index (χ2v) is 8.08. The van der Waals surface area contributed by atoms with Crippen LogP contribution < -0.4 is 4.90 Å². The zero-order valence-corrected chi connectivity index (χ0v) is 18.4. The molecule has 5 nitrogen and oxygen atoms in total. The van der Waals surface area contributed by atoms with Crippen molar-refractivity contribution in [3.05, 3.63) is 102 Å². The fourth-order valence-electron chi connectivity index (χ4n) is 3.93. The number of anilines is 1. The predicted octanol–water partition coefficient (Wildman–Crippen LogP) is 5.81. The first-order valence-electron chi connectivity index (χ1n) is 10.5. The molecule has 2 aromatic carbocycles. The molecule has 5 rings (SSSR count). The molecule has 3 aromatic heterocycles. The molecule has 0 aliphatic rings. The minimum absolute atomic E-state index is 0.687. The monoisotopic (exact) mass is 439 g/mol. The van der Waals surface area contributed by atoms with E-state index in [2.05, 4.69) is 55.9 Å².